The molecule has 0 aliphatic rings. The summed E-state index contributed by atoms with van der Waals surface area (Å²) in [6.45, 7) is 6.32. The molecular formula is C28H29NO4. The van der Waals surface area contributed by atoms with Gasteiger partial charge in [-0.15, -0.1) is 0 Å². The van der Waals surface area contributed by atoms with E-state index < -0.39 is 12.0 Å². The molecule has 0 unspecified atom stereocenters. The molecular weight excluding hydrogens is 414 g/mol. The standard InChI is InChI=1S/C28H29NO4/c1-28(2,3)23-16-14-22(15-17-23)26(31)29-24(27(32)33-4)18-19-10-12-21(13-11-19)25(30)20-8-6-5-7-9-20/h5-17,24H,18H2,1-4H3,(H,29,31)/t24-/m0/s1. The second kappa shape index (κ2) is 10.3. The molecule has 0 saturated carbocycles. The molecule has 3 aromatic carbocycles. The van der Waals surface area contributed by atoms with Crippen LogP contribution in [0.2, 0.25) is 0 Å². The second-order valence-electron chi connectivity index (χ2n) is 8.97. The maximum atomic E-state index is 12.8. The molecule has 170 valence electrons. The van der Waals surface area contributed by atoms with Crippen molar-refractivity contribution < 1.29 is 19.1 Å². The van der Waals surface area contributed by atoms with Gasteiger partial charge in [-0.25, -0.2) is 4.79 Å². The average Bonchev–Trinajstić information content (AvgIpc) is 2.83. The minimum atomic E-state index is -0.847. The van der Waals surface area contributed by atoms with E-state index in [0.717, 1.165) is 11.1 Å². The van der Waals surface area contributed by atoms with Crippen LogP contribution in [0.4, 0.5) is 0 Å². The Morgan fingerprint density at radius 1 is 0.788 bits per heavy atom. The number of hydrogen-bond acceptors (Lipinski definition) is 4. The van der Waals surface area contributed by atoms with Crippen LogP contribution in [-0.4, -0.2) is 30.8 Å². The van der Waals surface area contributed by atoms with Crippen LogP contribution in [-0.2, 0) is 21.4 Å². The number of hydrogen-bond donors (Lipinski definition) is 1. The van der Waals surface area contributed by atoms with Crippen LogP contribution < -0.4 is 5.32 Å². The van der Waals surface area contributed by atoms with E-state index in [9.17, 15) is 14.4 Å². The van der Waals surface area contributed by atoms with Crippen LogP contribution in [0.3, 0.4) is 0 Å². The number of esters is 1. The molecule has 0 saturated heterocycles. The Morgan fingerprint density at radius 3 is 1.88 bits per heavy atom. The molecule has 0 heterocycles. The molecule has 1 amide bonds. The van der Waals surface area contributed by atoms with Gasteiger partial charge in [0.25, 0.3) is 5.91 Å². The van der Waals surface area contributed by atoms with E-state index in [-0.39, 0.29) is 23.5 Å². The van der Waals surface area contributed by atoms with Gasteiger partial charge in [-0.2, -0.15) is 0 Å². The summed E-state index contributed by atoms with van der Waals surface area (Å²) in [6.07, 6.45) is 0.248. The summed E-state index contributed by atoms with van der Waals surface area (Å²) in [5.41, 5.74) is 3.55. The van der Waals surface area contributed by atoms with Crippen LogP contribution in [0, 0.1) is 0 Å². The van der Waals surface area contributed by atoms with Crippen molar-refractivity contribution in [1.82, 2.24) is 5.32 Å². The minimum absolute atomic E-state index is 0.0163. The average molecular weight is 444 g/mol. The largest absolute Gasteiger partial charge is 0.467 e. The maximum Gasteiger partial charge on any atom is 0.328 e. The number of rotatable bonds is 7. The quantitative estimate of drug-likeness (QED) is 0.423. The van der Waals surface area contributed by atoms with Crippen molar-refractivity contribution in [2.24, 2.45) is 0 Å². The Hall–Kier alpha value is -3.73. The molecule has 0 spiro atoms. The molecule has 1 N–H and O–H groups in total. The zero-order valence-electron chi connectivity index (χ0n) is 19.4. The third-order valence-corrected chi connectivity index (χ3v) is 5.50. The first-order chi connectivity index (χ1) is 15.7. The van der Waals surface area contributed by atoms with Gasteiger partial charge in [0.1, 0.15) is 6.04 Å². The Balaban J connectivity index is 1.71. The lowest BCUT2D eigenvalue weighted by Gasteiger charge is -2.20. The van der Waals surface area contributed by atoms with Crippen molar-refractivity contribution in [3.63, 3.8) is 0 Å². The number of methoxy groups -OCH3 is 1. The molecule has 0 fully saturated rings. The van der Waals surface area contributed by atoms with Crippen LogP contribution >= 0.6 is 0 Å². The molecule has 0 radical (unpaired) electrons. The molecule has 5 heteroatoms. The highest BCUT2D eigenvalue weighted by atomic mass is 16.5. The highest BCUT2D eigenvalue weighted by Gasteiger charge is 2.23. The van der Waals surface area contributed by atoms with E-state index in [1.807, 2.05) is 30.3 Å². The lowest BCUT2D eigenvalue weighted by molar-refractivity contribution is -0.142. The summed E-state index contributed by atoms with van der Waals surface area (Å²) in [4.78, 5) is 37.7. The Morgan fingerprint density at radius 2 is 1.33 bits per heavy atom. The van der Waals surface area contributed by atoms with Crippen molar-refractivity contribution >= 4 is 17.7 Å². The molecule has 0 aromatic heterocycles. The van der Waals surface area contributed by atoms with E-state index >= 15 is 0 Å². The fourth-order valence-electron chi connectivity index (χ4n) is 3.48. The number of ketones is 1. The summed E-state index contributed by atoms with van der Waals surface area (Å²) in [5, 5.41) is 2.77. The number of amides is 1. The lowest BCUT2D eigenvalue weighted by atomic mass is 9.86. The van der Waals surface area contributed by atoms with Gasteiger partial charge in [0.15, 0.2) is 5.78 Å². The monoisotopic (exact) mass is 443 g/mol. The first-order valence-corrected chi connectivity index (χ1v) is 10.9. The fourth-order valence-corrected chi connectivity index (χ4v) is 3.48. The lowest BCUT2D eigenvalue weighted by Crippen LogP contribution is -2.43. The first-order valence-electron chi connectivity index (χ1n) is 10.9. The van der Waals surface area contributed by atoms with Crippen molar-refractivity contribution in [3.8, 4) is 0 Å². The second-order valence-corrected chi connectivity index (χ2v) is 8.97. The molecule has 33 heavy (non-hydrogen) atoms. The summed E-state index contributed by atoms with van der Waals surface area (Å²) >= 11 is 0. The predicted molar refractivity (Wildman–Crippen MR) is 128 cm³/mol. The molecule has 0 aliphatic carbocycles. The van der Waals surface area contributed by atoms with Gasteiger partial charge in [0.05, 0.1) is 7.11 Å². The highest BCUT2D eigenvalue weighted by molar-refractivity contribution is 6.08. The maximum absolute atomic E-state index is 12.8. The number of carbonyl (C=O) groups is 3. The first kappa shape index (κ1) is 23.9. The molecule has 1 atom stereocenters. The SMILES string of the molecule is COC(=O)[C@H](Cc1ccc(C(=O)c2ccccc2)cc1)NC(=O)c1ccc(C(C)(C)C)cc1. The van der Waals surface area contributed by atoms with Gasteiger partial charge in [-0.1, -0.05) is 87.5 Å². The summed E-state index contributed by atoms with van der Waals surface area (Å²) < 4.78 is 4.90. The van der Waals surface area contributed by atoms with Crippen LogP contribution in [0.15, 0.2) is 78.9 Å². The molecule has 3 rings (SSSR count). The van der Waals surface area contributed by atoms with Gasteiger partial charge in [-0.05, 0) is 28.7 Å². The minimum Gasteiger partial charge on any atom is -0.467 e. The van der Waals surface area contributed by atoms with Gasteiger partial charge in [-0.3, -0.25) is 9.59 Å². The number of nitrogens with one attached hydrogen (secondary N) is 1. The Bertz CT molecular complexity index is 1110. The number of ether oxygens (including phenoxy) is 1. The summed E-state index contributed by atoms with van der Waals surface area (Å²) in [5.74, 6) is -0.945. The van der Waals surface area contributed by atoms with Crippen LogP contribution in [0.5, 0.6) is 0 Å². The van der Waals surface area contributed by atoms with E-state index in [0.29, 0.717) is 16.7 Å². The van der Waals surface area contributed by atoms with E-state index in [4.69, 9.17) is 4.74 Å². The van der Waals surface area contributed by atoms with E-state index in [1.165, 1.54) is 7.11 Å². The zero-order valence-corrected chi connectivity index (χ0v) is 19.4. The smallest absolute Gasteiger partial charge is 0.328 e. The van der Waals surface area contributed by atoms with Gasteiger partial charge in [0.2, 0.25) is 0 Å². The summed E-state index contributed by atoms with van der Waals surface area (Å²) in [6, 6.07) is 22.6. The van der Waals surface area contributed by atoms with Gasteiger partial charge < -0.3 is 10.1 Å². The fraction of sp³-hybridized carbons (Fsp3) is 0.250. The molecule has 3 aromatic rings. The Kier molecular flexibility index (Phi) is 7.44. The highest BCUT2D eigenvalue weighted by Crippen LogP contribution is 2.22. The topological polar surface area (TPSA) is 72.5 Å². The predicted octanol–water partition coefficient (Wildman–Crippen LogP) is 4.73. The van der Waals surface area contributed by atoms with Crippen molar-refractivity contribution in [3.05, 3.63) is 107 Å². The van der Waals surface area contributed by atoms with Crippen LogP contribution in [0.25, 0.3) is 0 Å². The number of carbonyl (C=O) groups excluding carboxylic acids is 3. The van der Waals surface area contributed by atoms with E-state index in [2.05, 4.69) is 26.1 Å². The Labute approximate surface area is 194 Å². The van der Waals surface area contributed by atoms with Gasteiger partial charge in [0, 0.05) is 23.1 Å². The molecule has 0 bridgehead atoms. The van der Waals surface area contributed by atoms with Crippen molar-refractivity contribution in [1.29, 1.82) is 0 Å². The summed E-state index contributed by atoms with van der Waals surface area (Å²) in [7, 11) is 1.29. The van der Waals surface area contributed by atoms with E-state index in [1.54, 1.807) is 48.5 Å². The van der Waals surface area contributed by atoms with Crippen molar-refractivity contribution in [2.75, 3.05) is 7.11 Å². The van der Waals surface area contributed by atoms with Gasteiger partial charge >= 0.3 is 5.97 Å². The molecule has 0 aliphatic heterocycles. The molecule has 5 nitrogen and oxygen atoms in total. The normalized spacial score (nSPS) is 12.0. The van der Waals surface area contributed by atoms with Crippen molar-refractivity contribution in [2.45, 2.75) is 38.6 Å². The zero-order chi connectivity index (χ0) is 24.0. The van der Waals surface area contributed by atoms with Crippen LogP contribution in [0.1, 0.15) is 58.2 Å². The number of benzene rings is 3. The third kappa shape index (κ3) is 6.16. The third-order valence-electron chi connectivity index (χ3n) is 5.50.